The van der Waals surface area contributed by atoms with E-state index in [-0.39, 0.29) is 5.60 Å². The van der Waals surface area contributed by atoms with Crippen molar-refractivity contribution in [3.05, 3.63) is 41.7 Å². The highest BCUT2D eigenvalue weighted by Crippen LogP contribution is 2.49. The van der Waals surface area contributed by atoms with Gasteiger partial charge >= 0.3 is 0 Å². The lowest BCUT2D eigenvalue weighted by Crippen LogP contribution is -2.35. The Hall–Kier alpha value is -1.38. The van der Waals surface area contributed by atoms with Crippen LogP contribution in [0, 0.1) is 17.6 Å². The van der Waals surface area contributed by atoms with Gasteiger partial charge in [-0.3, -0.25) is 0 Å². The van der Waals surface area contributed by atoms with Crippen molar-refractivity contribution >= 4 is 5.57 Å². The minimum absolute atomic E-state index is 0.0417. The highest BCUT2D eigenvalue weighted by Gasteiger charge is 2.46. The summed E-state index contributed by atoms with van der Waals surface area (Å²) in [5.41, 5.74) is 1.25. The molecule has 0 N–H and O–H groups in total. The van der Waals surface area contributed by atoms with E-state index < -0.39 is 11.6 Å². The van der Waals surface area contributed by atoms with Crippen LogP contribution in [0.2, 0.25) is 0 Å². The summed E-state index contributed by atoms with van der Waals surface area (Å²) in [4.78, 5) is 0. The maximum atomic E-state index is 13.7. The third-order valence-corrected chi connectivity index (χ3v) is 4.45. The molecular formula is C16H18F2O. The molecule has 1 aromatic rings. The first kappa shape index (κ1) is 12.6. The summed E-state index contributed by atoms with van der Waals surface area (Å²) in [6.45, 7) is 2.15. The average molecular weight is 264 g/mol. The smallest absolute Gasteiger partial charge is 0.133 e. The molecule has 2 aliphatic rings. The molecule has 0 amide bonds. The molecule has 1 atom stereocenters. The third-order valence-electron chi connectivity index (χ3n) is 4.45. The van der Waals surface area contributed by atoms with E-state index in [2.05, 4.69) is 6.92 Å². The molecule has 0 bridgehead atoms. The second kappa shape index (κ2) is 4.62. The molecule has 3 heteroatoms. The molecule has 1 nitrogen and oxygen atoms in total. The summed E-state index contributed by atoms with van der Waals surface area (Å²) < 4.78 is 32.6. The zero-order valence-corrected chi connectivity index (χ0v) is 11.1. The van der Waals surface area contributed by atoms with Crippen LogP contribution in [0.3, 0.4) is 0 Å². The monoisotopic (exact) mass is 264 g/mol. The van der Waals surface area contributed by atoms with Gasteiger partial charge in [0.1, 0.15) is 17.2 Å². The number of benzene rings is 1. The zero-order valence-electron chi connectivity index (χ0n) is 11.1. The number of hydrogen-bond donors (Lipinski definition) is 0. The van der Waals surface area contributed by atoms with Crippen LogP contribution in [0.15, 0.2) is 24.5 Å². The molecule has 1 fully saturated rings. The molecule has 1 aliphatic carbocycles. The van der Waals surface area contributed by atoms with Crippen LogP contribution in [-0.4, -0.2) is 5.60 Å². The summed E-state index contributed by atoms with van der Waals surface area (Å²) in [5.74, 6) is -0.391. The van der Waals surface area contributed by atoms with E-state index in [0.717, 1.165) is 30.9 Å². The Kier molecular flexibility index (Phi) is 3.08. The SMILES string of the molecule is CCC1(C2CC2)CCC(c2ccc(F)cc2F)=CO1. The lowest BCUT2D eigenvalue weighted by Gasteiger charge is -2.36. The van der Waals surface area contributed by atoms with Gasteiger partial charge in [-0.2, -0.15) is 0 Å². The fourth-order valence-electron chi connectivity index (χ4n) is 3.06. The lowest BCUT2D eigenvalue weighted by atomic mass is 9.84. The van der Waals surface area contributed by atoms with Crippen LogP contribution in [0.4, 0.5) is 8.78 Å². The Labute approximate surface area is 112 Å². The Morgan fingerprint density at radius 2 is 2.11 bits per heavy atom. The van der Waals surface area contributed by atoms with Gasteiger partial charge in [-0.25, -0.2) is 8.78 Å². The predicted octanol–water partition coefficient (Wildman–Crippen LogP) is 4.67. The molecule has 1 heterocycles. The highest BCUT2D eigenvalue weighted by atomic mass is 19.1. The highest BCUT2D eigenvalue weighted by molar-refractivity contribution is 5.66. The van der Waals surface area contributed by atoms with Crippen molar-refractivity contribution in [3.8, 4) is 0 Å². The number of hydrogen-bond acceptors (Lipinski definition) is 1. The van der Waals surface area contributed by atoms with Crippen LogP contribution in [0.25, 0.3) is 5.57 Å². The summed E-state index contributed by atoms with van der Waals surface area (Å²) in [5, 5.41) is 0. The van der Waals surface area contributed by atoms with Crippen molar-refractivity contribution in [3.63, 3.8) is 0 Å². The topological polar surface area (TPSA) is 9.23 Å². The first-order valence-electron chi connectivity index (χ1n) is 6.97. The van der Waals surface area contributed by atoms with Gasteiger partial charge in [-0.15, -0.1) is 0 Å². The number of allylic oxidation sites excluding steroid dienone is 1. The van der Waals surface area contributed by atoms with Crippen LogP contribution < -0.4 is 0 Å². The van der Waals surface area contributed by atoms with E-state index in [1.54, 1.807) is 6.26 Å². The molecule has 1 saturated carbocycles. The summed E-state index contributed by atoms with van der Waals surface area (Å²) in [6, 6.07) is 3.72. The van der Waals surface area contributed by atoms with Crippen molar-refractivity contribution in [1.29, 1.82) is 0 Å². The minimum atomic E-state index is -0.542. The van der Waals surface area contributed by atoms with Gasteiger partial charge in [0.15, 0.2) is 0 Å². The molecule has 0 spiro atoms. The summed E-state index contributed by atoms with van der Waals surface area (Å²) in [6.07, 6.45) is 6.89. The fraction of sp³-hybridized carbons (Fsp3) is 0.500. The van der Waals surface area contributed by atoms with Crippen molar-refractivity contribution < 1.29 is 13.5 Å². The van der Waals surface area contributed by atoms with E-state index in [4.69, 9.17) is 4.74 Å². The van der Waals surface area contributed by atoms with Gasteiger partial charge in [-0.1, -0.05) is 6.92 Å². The first-order valence-corrected chi connectivity index (χ1v) is 6.97. The van der Waals surface area contributed by atoms with Crippen molar-refractivity contribution in [2.24, 2.45) is 5.92 Å². The predicted molar refractivity (Wildman–Crippen MR) is 70.4 cm³/mol. The molecule has 3 rings (SSSR count). The Morgan fingerprint density at radius 1 is 1.32 bits per heavy atom. The normalized spacial score (nSPS) is 26.8. The second-order valence-electron chi connectivity index (χ2n) is 5.58. The van der Waals surface area contributed by atoms with Gasteiger partial charge in [0.05, 0.1) is 6.26 Å². The molecule has 0 saturated heterocycles. The van der Waals surface area contributed by atoms with E-state index in [0.29, 0.717) is 11.5 Å². The van der Waals surface area contributed by atoms with Gasteiger partial charge in [0.2, 0.25) is 0 Å². The maximum absolute atomic E-state index is 13.7. The molecule has 1 aromatic carbocycles. The van der Waals surface area contributed by atoms with Gasteiger partial charge in [0.25, 0.3) is 0 Å². The van der Waals surface area contributed by atoms with E-state index in [1.165, 1.54) is 25.0 Å². The maximum Gasteiger partial charge on any atom is 0.133 e. The van der Waals surface area contributed by atoms with Crippen LogP contribution >= 0.6 is 0 Å². The molecule has 1 unspecified atom stereocenters. The lowest BCUT2D eigenvalue weighted by molar-refractivity contribution is -0.0166. The van der Waals surface area contributed by atoms with Crippen molar-refractivity contribution in [2.75, 3.05) is 0 Å². The molecule has 102 valence electrons. The summed E-state index contributed by atoms with van der Waals surface area (Å²) in [7, 11) is 0. The Morgan fingerprint density at radius 3 is 2.63 bits per heavy atom. The molecular weight excluding hydrogens is 246 g/mol. The summed E-state index contributed by atoms with van der Waals surface area (Å²) >= 11 is 0. The molecule has 1 aliphatic heterocycles. The van der Waals surface area contributed by atoms with E-state index in [1.807, 2.05) is 0 Å². The van der Waals surface area contributed by atoms with Crippen LogP contribution in [-0.2, 0) is 4.74 Å². The van der Waals surface area contributed by atoms with Crippen LogP contribution in [0.5, 0.6) is 0 Å². The van der Waals surface area contributed by atoms with Crippen molar-refractivity contribution in [2.45, 2.75) is 44.6 Å². The standard InChI is InChI=1S/C16H18F2O/c1-2-16(12-3-4-12)8-7-11(10-19-16)14-6-5-13(17)9-15(14)18/h5-6,9-10,12H,2-4,7-8H2,1H3. The quantitative estimate of drug-likeness (QED) is 0.770. The first-order chi connectivity index (χ1) is 9.14. The average Bonchev–Trinajstić information content (AvgIpc) is 3.24. The zero-order chi connectivity index (χ0) is 13.5. The molecule has 19 heavy (non-hydrogen) atoms. The Balaban J connectivity index is 1.84. The van der Waals surface area contributed by atoms with Gasteiger partial charge < -0.3 is 4.74 Å². The van der Waals surface area contributed by atoms with E-state index in [9.17, 15) is 8.78 Å². The Bertz CT molecular complexity index is 519. The number of halogens is 2. The number of ether oxygens (including phenoxy) is 1. The molecule has 0 aromatic heterocycles. The third kappa shape index (κ3) is 2.26. The fourth-order valence-corrected chi connectivity index (χ4v) is 3.06. The van der Waals surface area contributed by atoms with E-state index >= 15 is 0 Å². The van der Waals surface area contributed by atoms with Crippen molar-refractivity contribution in [1.82, 2.24) is 0 Å². The van der Waals surface area contributed by atoms with Crippen LogP contribution in [0.1, 0.15) is 44.6 Å². The largest absolute Gasteiger partial charge is 0.494 e. The molecule has 0 radical (unpaired) electrons. The van der Waals surface area contributed by atoms with Gasteiger partial charge in [0, 0.05) is 11.6 Å². The van der Waals surface area contributed by atoms with Gasteiger partial charge in [-0.05, 0) is 55.7 Å². The number of rotatable bonds is 3. The minimum Gasteiger partial charge on any atom is -0.494 e. The second-order valence-corrected chi connectivity index (χ2v) is 5.58.